The summed E-state index contributed by atoms with van der Waals surface area (Å²) in [4.78, 5) is 14.0. The van der Waals surface area contributed by atoms with Crippen LogP contribution in [-0.2, 0) is 14.8 Å². The van der Waals surface area contributed by atoms with Crippen LogP contribution in [0.1, 0.15) is 23.7 Å². The quantitative estimate of drug-likeness (QED) is 0.520. The highest BCUT2D eigenvalue weighted by Crippen LogP contribution is 2.11. The minimum atomic E-state index is -3.55. The second-order valence-electron chi connectivity index (χ2n) is 5.59. The van der Waals surface area contributed by atoms with E-state index in [4.69, 9.17) is 4.74 Å². The Morgan fingerprint density at radius 3 is 2.54 bits per heavy atom. The minimum absolute atomic E-state index is 0.151. The van der Waals surface area contributed by atoms with Gasteiger partial charge in [-0.05, 0) is 44.2 Å². The molecule has 1 aromatic rings. The summed E-state index contributed by atoms with van der Waals surface area (Å²) in [6, 6.07) is 5.77. The largest absolute Gasteiger partial charge is 0.462 e. The van der Waals surface area contributed by atoms with Gasteiger partial charge in [-0.2, -0.15) is 0 Å². The molecule has 2 N–H and O–H groups in total. The van der Waals surface area contributed by atoms with E-state index in [1.807, 2.05) is 0 Å². The maximum absolute atomic E-state index is 12.2. The average Bonchev–Trinajstić information content (AvgIpc) is 2.60. The van der Waals surface area contributed by atoms with Gasteiger partial charge in [-0.15, -0.1) is 0 Å². The summed E-state index contributed by atoms with van der Waals surface area (Å²) < 4.78 is 32.0. The van der Waals surface area contributed by atoms with Crippen LogP contribution < -0.4 is 10.0 Å². The zero-order valence-corrected chi connectivity index (χ0v) is 14.8. The molecule has 1 saturated heterocycles. The van der Waals surface area contributed by atoms with E-state index in [0.717, 1.165) is 39.1 Å². The van der Waals surface area contributed by atoms with Crippen molar-refractivity contribution in [2.24, 2.45) is 0 Å². The van der Waals surface area contributed by atoms with Crippen LogP contribution >= 0.6 is 0 Å². The third-order valence-corrected chi connectivity index (χ3v) is 5.31. The number of hydrogen-bond acceptors (Lipinski definition) is 6. The van der Waals surface area contributed by atoms with E-state index in [1.165, 1.54) is 24.3 Å². The fraction of sp³-hybridized carbons (Fsp3) is 0.562. The zero-order valence-electron chi connectivity index (χ0n) is 14.0. The molecular formula is C16H25N3O4S. The first-order valence-electron chi connectivity index (χ1n) is 8.23. The summed E-state index contributed by atoms with van der Waals surface area (Å²) in [6.45, 7) is 7.26. The first-order valence-corrected chi connectivity index (χ1v) is 9.71. The maximum Gasteiger partial charge on any atom is 0.338 e. The van der Waals surface area contributed by atoms with Crippen molar-refractivity contribution in [2.45, 2.75) is 18.2 Å². The van der Waals surface area contributed by atoms with Crippen molar-refractivity contribution in [2.75, 3.05) is 45.9 Å². The van der Waals surface area contributed by atoms with E-state index in [-0.39, 0.29) is 11.5 Å². The number of carbonyl (C=O) groups excluding carboxylic acids is 1. The molecule has 0 bridgehead atoms. The van der Waals surface area contributed by atoms with Crippen molar-refractivity contribution in [3.8, 4) is 0 Å². The van der Waals surface area contributed by atoms with E-state index in [2.05, 4.69) is 14.9 Å². The molecule has 1 aliphatic rings. The van der Waals surface area contributed by atoms with E-state index in [1.54, 1.807) is 6.92 Å². The molecule has 8 heteroatoms. The Morgan fingerprint density at radius 1 is 1.25 bits per heavy atom. The van der Waals surface area contributed by atoms with E-state index >= 15 is 0 Å². The zero-order chi connectivity index (χ0) is 17.4. The van der Waals surface area contributed by atoms with Crippen LogP contribution in [0.2, 0.25) is 0 Å². The minimum Gasteiger partial charge on any atom is -0.462 e. The molecular weight excluding hydrogens is 330 g/mol. The molecule has 2 rings (SSSR count). The lowest BCUT2D eigenvalue weighted by Crippen LogP contribution is -2.44. The van der Waals surface area contributed by atoms with Gasteiger partial charge in [0.2, 0.25) is 10.0 Å². The van der Waals surface area contributed by atoms with Crippen LogP contribution in [0.5, 0.6) is 0 Å². The molecule has 1 heterocycles. The highest BCUT2D eigenvalue weighted by atomic mass is 32.2. The SMILES string of the molecule is CCOC(=O)c1ccc(S(=O)(=O)NCCCN2CCNCC2)cc1. The molecule has 0 amide bonds. The van der Waals surface area contributed by atoms with Crippen molar-refractivity contribution in [3.63, 3.8) is 0 Å². The monoisotopic (exact) mass is 355 g/mol. The van der Waals surface area contributed by atoms with Crippen molar-refractivity contribution >= 4 is 16.0 Å². The number of sulfonamides is 1. The van der Waals surface area contributed by atoms with Crippen LogP contribution in [0.4, 0.5) is 0 Å². The number of nitrogens with one attached hydrogen (secondary N) is 2. The molecule has 7 nitrogen and oxygen atoms in total. The lowest BCUT2D eigenvalue weighted by atomic mass is 10.2. The fourth-order valence-corrected chi connectivity index (χ4v) is 3.59. The third kappa shape index (κ3) is 5.55. The predicted molar refractivity (Wildman–Crippen MR) is 91.5 cm³/mol. The molecule has 1 fully saturated rings. The summed E-state index contributed by atoms with van der Waals surface area (Å²) in [5, 5.41) is 3.29. The van der Waals surface area contributed by atoms with Crippen molar-refractivity contribution in [1.29, 1.82) is 0 Å². The number of rotatable bonds is 8. The number of piperazine rings is 1. The first kappa shape index (κ1) is 18.9. The average molecular weight is 355 g/mol. The molecule has 24 heavy (non-hydrogen) atoms. The van der Waals surface area contributed by atoms with Crippen LogP contribution in [0.3, 0.4) is 0 Å². The second kappa shape index (κ2) is 9.12. The van der Waals surface area contributed by atoms with Crippen molar-refractivity contribution in [3.05, 3.63) is 29.8 Å². The third-order valence-electron chi connectivity index (χ3n) is 3.83. The Balaban J connectivity index is 1.82. The van der Waals surface area contributed by atoms with E-state index in [9.17, 15) is 13.2 Å². The number of carbonyl (C=O) groups is 1. The number of ether oxygens (including phenoxy) is 1. The van der Waals surface area contributed by atoms with Crippen molar-refractivity contribution < 1.29 is 17.9 Å². The van der Waals surface area contributed by atoms with Crippen LogP contribution in [0.15, 0.2) is 29.2 Å². The summed E-state index contributed by atoms with van der Waals surface area (Å²) in [6.07, 6.45) is 0.764. The van der Waals surface area contributed by atoms with Gasteiger partial charge in [0.15, 0.2) is 0 Å². The van der Waals surface area contributed by atoms with Crippen LogP contribution in [0, 0.1) is 0 Å². The van der Waals surface area contributed by atoms with Crippen LogP contribution in [-0.4, -0.2) is 65.2 Å². The van der Waals surface area contributed by atoms with Gasteiger partial charge in [-0.3, -0.25) is 0 Å². The van der Waals surface area contributed by atoms with Gasteiger partial charge in [0, 0.05) is 32.7 Å². The van der Waals surface area contributed by atoms with Gasteiger partial charge < -0.3 is 15.0 Å². The summed E-state index contributed by atoms with van der Waals surface area (Å²) in [5.41, 5.74) is 0.342. The highest BCUT2D eigenvalue weighted by Gasteiger charge is 2.15. The molecule has 1 aliphatic heterocycles. The summed E-state index contributed by atoms with van der Waals surface area (Å²) in [5.74, 6) is -0.453. The Morgan fingerprint density at radius 2 is 1.92 bits per heavy atom. The summed E-state index contributed by atoms with van der Waals surface area (Å²) >= 11 is 0. The molecule has 0 atom stereocenters. The maximum atomic E-state index is 12.2. The predicted octanol–water partition coefficient (Wildman–Crippen LogP) is 0.437. The molecule has 1 aromatic carbocycles. The van der Waals surface area contributed by atoms with E-state index < -0.39 is 16.0 Å². The smallest absolute Gasteiger partial charge is 0.338 e. The number of nitrogens with zero attached hydrogens (tertiary/aromatic N) is 1. The van der Waals surface area contributed by atoms with Gasteiger partial charge in [0.1, 0.15) is 0 Å². The molecule has 0 radical (unpaired) electrons. The Hall–Kier alpha value is -1.48. The van der Waals surface area contributed by atoms with Gasteiger partial charge in [0.05, 0.1) is 17.1 Å². The molecule has 0 unspecified atom stereocenters. The number of benzene rings is 1. The van der Waals surface area contributed by atoms with E-state index in [0.29, 0.717) is 12.1 Å². The fourth-order valence-electron chi connectivity index (χ4n) is 2.51. The number of esters is 1. The van der Waals surface area contributed by atoms with Gasteiger partial charge >= 0.3 is 5.97 Å². The van der Waals surface area contributed by atoms with Crippen molar-refractivity contribution in [1.82, 2.24) is 14.9 Å². The Labute approximate surface area is 143 Å². The Bertz CT molecular complexity index is 625. The lowest BCUT2D eigenvalue weighted by molar-refractivity contribution is 0.0526. The van der Waals surface area contributed by atoms with Gasteiger partial charge in [-0.1, -0.05) is 0 Å². The standard InChI is InChI=1S/C16H25N3O4S/c1-2-23-16(20)14-4-6-15(7-5-14)24(21,22)18-8-3-11-19-12-9-17-10-13-19/h4-7,17-18H,2-3,8-13H2,1H3. The topological polar surface area (TPSA) is 87.7 Å². The second-order valence-corrected chi connectivity index (χ2v) is 7.35. The molecule has 134 valence electrons. The van der Waals surface area contributed by atoms with Gasteiger partial charge in [0.25, 0.3) is 0 Å². The molecule has 0 saturated carbocycles. The number of hydrogen-bond donors (Lipinski definition) is 2. The lowest BCUT2D eigenvalue weighted by Gasteiger charge is -2.27. The first-order chi connectivity index (χ1) is 11.5. The van der Waals surface area contributed by atoms with Gasteiger partial charge in [-0.25, -0.2) is 17.9 Å². The molecule has 0 spiro atoms. The summed E-state index contributed by atoms with van der Waals surface area (Å²) in [7, 11) is -3.55. The van der Waals surface area contributed by atoms with Crippen LogP contribution in [0.25, 0.3) is 0 Å². The Kier molecular flexibility index (Phi) is 7.16. The normalized spacial score (nSPS) is 16.0. The molecule has 0 aliphatic carbocycles. The highest BCUT2D eigenvalue weighted by molar-refractivity contribution is 7.89. The molecule has 0 aromatic heterocycles.